The van der Waals surface area contributed by atoms with Crippen molar-refractivity contribution in [2.45, 2.75) is 12.8 Å². The molecule has 0 atom stereocenters. The van der Waals surface area contributed by atoms with Crippen molar-refractivity contribution < 1.29 is 22.7 Å². The fraction of sp³-hybridized carbons (Fsp3) is 0.350. The fourth-order valence-electron chi connectivity index (χ4n) is 3.38. The van der Waals surface area contributed by atoms with Crippen LogP contribution in [0.2, 0.25) is 0 Å². The average molecular weight is 480 g/mol. The Balaban J connectivity index is 1.44. The van der Waals surface area contributed by atoms with Gasteiger partial charge in [-0.15, -0.1) is 11.3 Å². The molecule has 0 N–H and O–H groups in total. The predicted molar refractivity (Wildman–Crippen MR) is 123 cm³/mol. The second kappa shape index (κ2) is 8.21. The van der Waals surface area contributed by atoms with Gasteiger partial charge in [-0.3, -0.25) is 9.10 Å². The Morgan fingerprint density at radius 2 is 2.00 bits per heavy atom. The van der Waals surface area contributed by atoms with Crippen molar-refractivity contribution in [3.05, 3.63) is 40.3 Å². The molecule has 2 aromatic heterocycles. The summed E-state index contributed by atoms with van der Waals surface area (Å²) in [6.45, 7) is 0.0508. The normalized spacial score (nSPS) is 13.8. The Morgan fingerprint density at radius 1 is 1.23 bits per heavy atom. The van der Waals surface area contributed by atoms with E-state index < -0.39 is 16.0 Å². The fourth-order valence-corrected chi connectivity index (χ4v) is 6.41. The lowest BCUT2D eigenvalue weighted by Crippen LogP contribution is -2.34. The number of Topliss-reactive ketones (excluding diaryl/α,β-unsaturated/α-hetero) is 1. The van der Waals surface area contributed by atoms with Crippen LogP contribution in [0.1, 0.15) is 32.0 Å². The molecule has 0 radical (unpaired) electrons. The van der Waals surface area contributed by atoms with Crippen LogP contribution >= 0.6 is 22.7 Å². The predicted octanol–water partition coefficient (Wildman–Crippen LogP) is 3.18. The van der Waals surface area contributed by atoms with E-state index in [1.807, 2.05) is 19.0 Å². The van der Waals surface area contributed by atoms with Crippen LogP contribution in [-0.4, -0.2) is 58.7 Å². The molecular weight excluding hydrogens is 458 g/mol. The maximum absolute atomic E-state index is 12.6. The zero-order valence-electron chi connectivity index (χ0n) is 17.2. The van der Waals surface area contributed by atoms with Crippen LogP contribution in [0, 0.1) is 0 Å². The van der Waals surface area contributed by atoms with Crippen molar-refractivity contribution in [3.8, 4) is 0 Å². The highest BCUT2D eigenvalue weighted by molar-refractivity contribution is 7.92. The van der Waals surface area contributed by atoms with Crippen LogP contribution in [0.4, 0.5) is 10.8 Å². The SMILES string of the molecule is CN(C)c1nc2sc(C(=O)OCC(=O)c3ccc4c(c3)CCCN4S(C)(=O)=O)cc2s1. The highest BCUT2D eigenvalue weighted by Gasteiger charge is 2.25. The van der Waals surface area contributed by atoms with E-state index in [9.17, 15) is 18.0 Å². The lowest BCUT2D eigenvalue weighted by molar-refractivity contribution is 0.0479. The van der Waals surface area contributed by atoms with Crippen LogP contribution in [0.3, 0.4) is 0 Å². The van der Waals surface area contributed by atoms with E-state index in [0.29, 0.717) is 35.5 Å². The maximum Gasteiger partial charge on any atom is 0.348 e. The van der Waals surface area contributed by atoms with Crippen LogP contribution in [0.5, 0.6) is 0 Å². The highest BCUT2D eigenvalue weighted by atomic mass is 32.2. The molecule has 0 aliphatic carbocycles. The third-order valence-corrected chi connectivity index (χ3v) is 8.36. The van der Waals surface area contributed by atoms with E-state index in [2.05, 4.69) is 4.98 Å². The summed E-state index contributed by atoms with van der Waals surface area (Å²) in [5, 5.41) is 0.859. The van der Waals surface area contributed by atoms with E-state index in [1.165, 1.54) is 33.2 Å². The average Bonchev–Trinajstić information content (AvgIpc) is 3.29. The number of rotatable bonds is 6. The molecule has 0 bridgehead atoms. The van der Waals surface area contributed by atoms with Crippen molar-refractivity contribution in [2.24, 2.45) is 0 Å². The molecule has 0 amide bonds. The molecule has 0 saturated heterocycles. The molecule has 1 aliphatic rings. The molecule has 3 aromatic rings. The van der Waals surface area contributed by atoms with Crippen molar-refractivity contribution in [2.75, 3.05) is 42.7 Å². The minimum Gasteiger partial charge on any atom is -0.453 e. The van der Waals surface area contributed by atoms with Gasteiger partial charge < -0.3 is 9.64 Å². The zero-order valence-corrected chi connectivity index (χ0v) is 19.7. The first kappa shape index (κ1) is 21.7. The Labute approximate surface area is 188 Å². The number of hydrogen-bond donors (Lipinski definition) is 0. The molecule has 3 heterocycles. The Hall–Kier alpha value is -2.50. The molecule has 0 fully saturated rings. The molecule has 1 aromatic carbocycles. The van der Waals surface area contributed by atoms with Crippen molar-refractivity contribution in [1.29, 1.82) is 0 Å². The molecule has 1 aliphatic heterocycles. The van der Waals surface area contributed by atoms with Crippen LogP contribution < -0.4 is 9.21 Å². The van der Waals surface area contributed by atoms with Gasteiger partial charge >= 0.3 is 5.97 Å². The number of ether oxygens (including phenoxy) is 1. The van der Waals surface area contributed by atoms with Crippen LogP contribution in [0.15, 0.2) is 24.3 Å². The van der Waals surface area contributed by atoms with Gasteiger partial charge in [0.25, 0.3) is 0 Å². The van der Waals surface area contributed by atoms with E-state index >= 15 is 0 Å². The Kier molecular flexibility index (Phi) is 5.75. The van der Waals surface area contributed by atoms with Gasteiger partial charge in [-0.2, -0.15) is 0 Å². The zero-order chi connectivity index (χ0) is 22.3. The molecule has 4 rings (SSSR count). The lowest BCUT2D eigenvalue weighted by Gasteiger charge is -2.29. The number of carbonyl (C=O) groups excluding carboxylic acids is 2. The second-order valence-corrected chi connectivity index (χ2v) is 11.4. The third-order valence-electron chi connectivity index (χ3n) is 4.87. The van der Waals surface area contributed by atoms with Gasteiger partial charge in [-0.1, -0.05) is 11.3 Å². The van der Waals surface area contributed by atoms with E-state index in [0.717, 1.165) is 20.2 Å². The number of ketones is 1. The van der Waals surface area contributed by atoms with Crippen LogP contribution in [-0.2, 0) is 21.2 Å². The van der Waals surface area contributed by atoms with Gasteiger partial charge in [0.2, 0.25) is 10.0 Å². The lowest BCUT2D eigenvalue weighted by atomic mass is 9.99. The van der Waals surface area contributed by atoms with Gasteiger partial charge in [-0.25, -0.2) is 18.2 Å². The van der Waals surface area contributed by atoms with Gasteiger partial charge in [-0.05, 0) is 42.7 Å². The standard InChI is InChI=1S/C20H21N3O5S3/c1-22(2)20-21-18-16(30-20)10-17(29-18)19(25)28-11-15(24)13-6-7-14-12(9-13)5-4-8-23(14)31(3,26)27/h6-7,9-10H,4-5,8,11H2,1-3H3. The molecule has 164 valence electrons. The number of benzene rings is 1. The number of thiazole rings is 1. The van der Waals surface area contributed by atoms with Gasteiger partial charge in [0.1, 0.15) is 9.71 Å². The quantitative estimate of drug-likeness (QED) is 0.396. The summed E-state index contributed by atoms with van der Waals surface area (Å²) in [6, 6.07) is 6.64. The molecule has 0 saturated carbocycles. The summed E-state index contributed by atoms with van der Waals surface area (Å²) >= 11 is 2.72. The third kappa shape index (κ3) is 4.43. The Bertz CT molecular complexity index is 1240. The number of hydrogen-bond acceptors (Lipinski definition) is 9. The van der Waals surface area contributed by atoms with Crippen molar-refractivity contribution in [3.63, 3.8) is 0 Å². The number of thiophene rings is 1. The maximum atomic E-state index is 12.6. The summed E-state index contributed by atoms with van der Waals surface area (Å²) in [7, 11) is 0.446. The Morgan fingerprint density at radius 3 is 2.68 bits per heavy atom. The van der Waals surface area contributed by atoms with E-state index in [-0.39, 0.29) is 12.4 Å². The molecule has 0 spiro atoms. The number of anilines is 2. The second-order valence-electron chi connectivity index (χ2n) is 7.45. The monoisotopic (exact) mass is 479 g/mol. The minimum atomic E-state index is -3.37. The van der Waals surface area contributed by atoms with E-state index in [4.69, 9.17) is 4.74 Å². The molecule has 0 unspecified atom stereocenters. The van der Waals surface area contributed by atoms with Gasteiger partial charge in [0.15, 0.2) is 17.5 Å². The number of esters is 1. The summed E-state index contributed by atoms with van der Waals surface area (Å²) in [5.41, 5.74) is 1.80. The number of sulfonamides is 1. The first-order valence-electron chi connectivity index (χ1n) is 9.52. The molecule has 11 heteroatoms. The number of aryl methyl sites for hydroxylation is 1. The summed E-state index contributed by atoms with van der Waals surface area (Å²) in [6.07, 6.45) is 2.55. The van der Waals surface area contributed by atoms with Gasteiger partial charge in [0.05, 0.1) is 16.6 Å². The molecular formula is C20H21N3O5S3. The molecule has 31 heavy (non-hydrogen) atoms. The summed E-state index contributed by atoms with van der Waals surface area (Å²) in [4.78, 5) is 32.5. The largest absolute Gasteiger partial charge is 0.453 e. The summed E-state index contributed by atoms with van der Waals surface area (Å²) in [5.74, 6) is -0.893. The summed E-state index contributed by atoms with van der Waals surface area (Å²) < 4.78 is 31.4. The minimum absolute atomic E-state index is 0.334. The van der Waals surface area contributed by atoms with Gasteiger partial charge in [0, 0.05) is 26.2 Å². The highest BCUT2D eigenvalue weighted by Crippen LogP contribution is 2.34. The van der Waals surface area contributed by atoms with Crippen molar-refractivity contribution in [1.82, 2.24) is 4.98 Å². The van der Waals surface area contributed by atoms with Crippen LogP contribution in [0.25, 0.3) is 9.53 Å². The first-order valence-corrected chi connectivity index (χ1v) is 13.0. The number of fused-ring (bicyclic) bond motifs is 2. The topological polar surface area (TPSA) is 96.9 Å². The van der Waals surface area contributed by atoms with Crippen molar-refractivity contribution >= 4 is 64.8 Å². The molecule has 8 nitrogen and oxygen atoms in total. The number of carbonyl (C=O) groups is 2. The number of nitrogens with zero attached hydrogens (tertiary/aromatic N) is 3. The number of aromatic nitrogens is 1. The smallest absolute Gasteiger partial charge is 0.348 e. The first-order chi connectivity index (χ1) is 14.6. The van der Waals surface area contributed by atoms with E-state index in [1.54, 1.807) is 24.3 Å².